The fraction of sp³-hybridized carbons (Fsp3) is 0.333. The van der Waals surface area contributed by atoms with Gasteiger partial charge in [-0.05, 0) is 37.6 Å². The Kier molecular flexibility index (Phi) is 6.87. The molecule has 2 aromatic carbocycles. The van der Waals surface area contributed by atoms with Crippen LogP contribution in [-0.2, 0) is 21.2 Å². The number of sulfone groups is 1. The third-order valence-electron chi connectivity index (χ3n) is 4.32. The lowest BCUT2D eigenvalue weighted by atomic mass is 10.3. The van der Waals surface area contributed by atoms with Crippen LogP contribution >= 0.6 is 11.3 Å². The second-order valence-corrected chi connectivity index (χ2v) is 9.58. The second-order valence-electron chi connectivity index (χ2n) is 6.46. The van der Waals surface area contributed by atoms with E-state index in [1.165, 1.54) is 23.5 Å². The van der Waals surface area contributed by atoms with Gasteiger partial charge in [-0.15, -0.1) is 0 Å². The van der Waals surface area contributed by atoms with E-state index in [4.69, 9.17) is 4.74 Å². The number of aryl methyl sites for hydroxylation is 1. The number of nitrogens with zero attached hydrogens (tertiary/aromatic N) is 2. The van der Waals surface area contributed by atoms with Gasteiger partial charge in [-0.3, -0.25) is 4.79 Å². The van der Waals surface area contributed by atoms with Gasteiger partial charge in [0.15, 0.2) is 14.6 Å². The number of ether oxygens (including phenoxy) is 1. The van der Waals surface area contributed by atoms with E-state index in [2.05, 4.69) is 11.9 Å². The van der Waals surface area contributed by atoms with E-state index < -0.39 is 15.7 Å². The number of carbonyl (C=O) groups is 1. The Labute approximate surface area is 174 Å². The Morgan fingerprint density at radius 1 is 1.10 bits per heavy atom. The minimum Gasteiger partial charge on any atom is -0.492 e. The Hall–Kier alpha value is -2.45. The maximum Gasteiger partial charge on any atom is 0.249 e. The molecule has 0 aliphatic rings. The van der Waals surface area contributed by atoms with E-state index in [1.807, 2.05) is 29.7 Å². The zero-order valence-electron chi connectivity index (χ0n) is 16.5. The zero-order valence-corrected chi connectivity index (χ0v) is 18.1. The fourth-order valence-electron chi connectivity index (χ4n) is 3.02. The molecule has 3 rings (SSSR count). The summed E-state index contributed by atoms with van der Waals surface area (Å²) in [5, 5.41) is 0. The van der Waals surface area contributed by atoms with Crippen molar-refractivity contribution in [1.82, 2.24) is 4.57 Å². The summed E-state index contributed by atoms with van der Waals surface area (Å²) in [7, 11) is -3.51. The lowest BCUT2D eigenvalue weighted by Gasteiger charge is -2.08. The molecule has 0 N–H and O–H groups in total. The molecule has 0 bridgehead atoms. The Balaban J connectivity index is 1.90. The molecule has 1 aromatic heterocycles. The molecule has 0 radical (unpaired) electrons. The number of hydrogen-bond acceptors (Lipinski definition) is 5. The first-order chi connectivity index (χ1) is 14.0. The van der Waals surface area contributed by atoms with Crippen molar-refractivity contribution in [2.75, 3.05) is 12.4 Å². The van der Waals surface area contributed by atoms with Gasteiger partial charge in [0.2, 0.25) is 5.91 Å². The van der Waals surface area contributed by atoms with Gasteiger partial charge in [-0.25, -0.2) is 8.42 Å². The molecule has 29 heavy (non-hydrogen) atoms. The molecule has 0 aliphatic carbocycles. The highest BCUT2D eigenvalue weighted by atomic mass is 32.2. The molecule has 0 spiro atoms. The summed E-state index contributed by atoms with van der Waals surface area (Å²) < 4.78 is 33.5. The van der Waals surface area contributed by atoms with Crippen LogP contribution in [0.3, 0.4) is 0 Å². The topological polar surface area (TPSA) is 77.7 Å². The van der Waals surface area contributed by atoms with Crippen LogP contribution in [0, 0.1) is 0 Å². The number of aromatic nitrogens is 1. The van der Waals surface area contributed by atoms with E-state index in [1.54, 1.807) is 18.2 Å². The van der Waals surface area contributed by atoms with Gasteiger partial charge in [-0.2, -0.15) is 4.99 Å². The lowest BCUT2D eigenvalue weighted by molar-refractivity contribution is -0.117. The van der Waals surface area contributed by atoms with Crippen molar-refractivity contribution in [1.29, 1.82) is 0 Å². The van der Waals surface area contributed by atoms with Gasteiger partial charge in [0.1, 0.15) is 11.3 Å². The number of para-hydroxylation sites is 1. The predicted octanol–water partition coefficient (Wildman–Crippen LogP) is 3.80. The van der Waals surface area contributed by atoms with E-state index in [0.717, 1.165) is 22.4 Å². The maximum atomic E-state index is 12.5. The molecule has 6 nitrogen and oxygen atoms in total. The minimum atomic E-state index is -3.51. The van der Waals surface area contributed by atoms with Crippen molar-refractivity contribution in [3.63, 3.8) is 0 Å². The van der Waals surface area contributed by atoms with Crippen LogP contribution in [0.4, 0.5) is 0 Å². The third-order valence-corrected chi connectivity index (χ3v) is 7.09. The van der Waals surface area contributed by atoms with Gasteiger partial charge in [0, 0.05) is 13.0 Å². The first-order valence-electron chi connectivity index (χ1n) is 9.56. The first kappa shape index (κ1) is 21.3. The molecule has 0 unspecified atom stereocenters. The van der Waals surface area contributed by atoms with Crippen LogP contribution in [0.25, 0.3) is 10.2 Å². The van der Waals surface area contributed by atoms with Crippen molar-refractivity contribution in [3.05, 3.63) is 53.3 Å². The fourth-order valence-corrected chi connectivity index (χ4v) is 5.36. The van der Waals surface area contributed by atoms with Crippen LogP contribution in [-0.4, -0.2) is 31.3 Å². The molecular formula is C21H24N2O4S2. The Bertz CT molecular complexity index is 1160. The average Bonchev–Trinajstić information content (AvgIpc) is 3.06. The molecular weight excluding hydrogens is 408 g/mol. The highest BCUT2D eigenvalue weighted by molar-refractivity contribution is 7.91. The van der Waals surface area contributed by atoms with Gasteiger partial charge >= 0.3 is 0 Å². The number of thiazole rings is 1. The molecule has 8 heteroatoms. The van der Waals surface area contributed by atoms with Crippen LogP contribution < -0.4 is 9.54 Å². The smallest absolute Gasteiger partial charge is 0.249 e. The van der Waals surface area contributed by atoms with Crippen LogP contribution in [0.1, 0.15) is 26.7 Å². The monoisotopic (exact) mass is 432 g/mol. The van der Waals surface area contributed by atoms with E-state index in [-0.39, 0.29) is 17.1 Å². The van der Waals surface area contributed by atoms with Crippen molar-refractivity contribution in [2.24, 2.45) is 4.99 Å². The molecule has 1 heterocycles. The highest BCUT2D eigenvalue weighted by Gasteiger charge is 2.17. The Morgan fingerprint density at radius 3 is 2.55 bits per heavy atom. The summed E-state index contributed by atoms with van der Waals surface area (Å²) in [4.78, 5) is 17.5. The molecule has 0 fully saturated rings. The molecule has 1 amide bonds. The average molecular weight is 433 g/mol. The minimum absolute atomic E-state index is 0.157. The van der Waals surface area contributed by atoms with E-state index in [9.17, 15) is 13.2 Å². The maximum absolute atomic E-state index is 12.5. The Morgan fingerprint density at radius 2 is 1.86 bits per heavy atom. The summed E-state index contributed by atoms with van der Waals surface area (Å²) in [6, 6.07) is 13.9. The van der Waals surface area contributed by atoms with Crippen LogP contribution in [0.15, 0.2) is 58.4 Å². The number of fused-ring (bicyclic) bond motifs is 1. The van der Waals surface area contributed by atoms with Gasteiger partial charge < -0.3 is 9.30 Å². The molecule has 154 valence electrons. The second kappa shape index (κ2) is 9.37. The zero-order chi connectivity index (χ0) is 20.9. The van der Waals surface area contributed by atoms with Crippen molar-refractivity contribution >= 4 is 37.3 Å². The first-order valence-corrected chi connectivity index (χ1v) is 12.0. The quantitative estimate of drug-likeness (QED) is 0.542. The largest absolute Gasteiger partial charge is 0.492 e. The molecule has 0 aliphatic heterocycles. The highest BCUT2D eigenvalue weighted by Crippen LogP contribution is 2.27. The number of carbonyl (C=O) groups excluding carboxylic acids is 1. The number of hydrogen-bond donors (Lipinski definition) is 0. The summed E-state index contributed by atoms with van der Waals surface area (Å²) in [5.74, 6) is 0.0523. The number of rotatable bonds is 8. The normalized spacial score (nSPS) is 12.4. The summed E-state index contributed by atoms with van der Waals surface area (Å²) in [6.45, 7) is 5.22. The molecule has 3 aromatic rings. The number of amides is 1. The molecule has 0 saturated heterocycles. The van der Waals surface area contributed by atoms with Gasteiger partial charge in [0.25, 0.3) is 0 Å². The SMILES string of the molecule is CCCn1c(=NC(=O)CCS(=O)(=O)c2ccccc2)sc2cccc(OCC)c21. The van der Waals surface area contributed by atoms with Crippen molar-refractivity contribution in [2.45, 2.75) is 38.1 Å². The summed E-state index contributed by atoms with van der Waals surface area (Å²) in [5.41, 5.74) is 0.921. The predicted molar refractivity (Wildman–Crippen MR) is 115 cm³/mol. The molecule has 0 saturated carbocycles. The van der Waals surface area contributed by atoms with Crippen molar-refractivity contribution in [3.8, 4) is 5.75 Å². The standard InChI is InChI=1S/C21H24N2O4S2/c1-3-14-23-20-17(27-4-2)11-8-12-18(20)28-21(23)22-19(24)13-15-29(25,26)16-9-6-5-7-10-16/h5-12H,3-4,13-15H2,1-2H3. The lowest BCUT2D eigenvalue weighted by Crippen LogP contribution is -2.18. The summed E-state index contributed by atoms with van der Waals surface area (Å²) >= 11 is 1.41. The van der Waals surface area contributed by atoms with E-state index in [0.29, 0.717) is 18.0 Å². The van der Waals surface area contributed by atoms with Crippen molar-refractivity contribution < 1.29 is 17.9 Å². The molecule has 0 atom stereocenters. The van der Waals surface area contributed by atoms with Gasteiger partial charge in [-0.1, -0.05) is 42.5 Å². The van der Waals surface area contributed by atoms with Crippen LogP contribution in [0.5, 0.6) is 5.75 Å². The van der Waals surface area contributed by atoms with E-state index >= 15 is 0 Å². The van der Waals surface area contributed by atoms with Crippen LogP contribution in [0.2, 0.25) is 0 Å². The summed E-state index contributed by atoms with van der Waals surface area (Å²) in [6.07, 6.45) is 0.714. The number of benzene rings is 2. The van der Waals surface area contributed by atoms with Gasteiger partial charge in [0.05, 0.1) is 22.0 Å². The third kappa shape index (κ3) is 4.94.